The standard InChI is InChI=1S/C28H27F6N3O3S/c1-3-16-15-37-9-7-17(16)10-25(37)26(22-6-8-35-24-5-4-20(40-2)14-23(22)24)36-41(38,39)21-12-18(27(29,30)31)11-19(13-21)28(32,33)34/h3-6,8,11-14,16-17,25-26,36H,1,7,9-10,15H2,2H3/t16-,17-,25-,26?/m0/s1. The van der Waals surface area contributed by atoms with E-state index < -0.39 is 50.5 Å². The van der Waals surface area contributed by atoms with Gasteiger partial charge in [0, 0.05) is 24.2 Å². The Morgan fingerprint density at radius 3 is 2.32 bits per heavy atom. The van der Waals surface area contributed by atoms with Crippen LogP contribution in [-0.2, 0) is 22.4 Å². The lowest BCUT2D eigenvalue weighted by atomic mass is 9.73. The molecule has 2 unspecified atom stereocenters. The van der Waals surface area contributed by atoms with Crippen molar-refractivity contribution in [1.82, 2.24) is 14.6 Å². The molecule has 1 N–H and O–H groups in total. The first-order chi connectivity index (χ1) is 19.2. The number of nitrogens with one attached hydrogen (secondary N) is 1. The maximum atomic E-state index is 13.7. The van der Waals surface area contributed by atoms with E-state index in [4.69, 9.17) is 4.74 Å². The molecule has 220 valence electrons. The topological polar surface area (TPSA) is 71.5 Å². The Balaban J connectivity index is 1.65. The van der Waals surface area contributed by atoms with Gasteiger partial charge in [0.05, 0.1) is 34.7 Å². The summed E-state index contributed by atoms with van der Waals surface area (Å²) in [6.45, 7) is 5.16. The molecular formula is C28H27F6N3O3S. The van der Waals surface area contributed by atoms with Gasteiger partial charge >= 0.3 is 12.4 Å². The number of halogens is 6. The molecule has 0 radical (unpaired) electrons. The molecule has 2 bridgehead atoms. The van der Waals surface area contributed by atoms with Crippen LogP contribution in [0.15, 0.2) is 66.2 Å². The van der Waals surface area contributed by atoms with Crippen LogP contribution < -0.4 is 9.46 Å². The predicted octanol–water partition coefficient (Wildman–Crippen LogP) is 6.20. The molecule has 4 heterocycles. The molecule has 6 nitrogen and oxygen atoms in total. The third kappa shape index (κ3) is 5.80. The Bertz CT molecular complexity index is 1540. The number of piperidine rings is 3. The molecular weight excluding hydrogens is 572 g/mol. The van der Waals surface area contributed by atoms with Crippen LogP contribution in [0, 0.1) is 11.8 Å². The fourth-order valence-electron chi connectivity index (χ4n) is 5.93. The van der Waals surface area contributed by atoms with Crippen LogP contribution in [0.1, 0.15) is 35.6 Å². The monoisotopic (exact) mass is 599 g/mol. The normalized spacial score (nSPS) is 23.9. The van der Waals surface area contributed by atoms with Crippen molar-refractivity contribution in [2.24, 2.45) is 11.8 Å². The van der Waals surface area contributed by atoms with Gasteiger partial charge in [-0.2, -0.15) is 26.3 Å². The zero-order chi connectivity index (χ0) is 29.7. The number of fused-ring (bicyclic) bond motifs is 4. The average molecular weight is 600 g/mol. The lowest BCUT2D eigenvalue weighted by Crippen LogP contribution is -2.57. The van der Waals surface area contributed by atoms with E-state index in [1.54, 1.807) is 24.3 Å². The molecule has 3 saturated heterocycles. The first-order valence-corrected chi connectivity index (χ1v) is 14.3. The first-order valence-electron chi connectivity index (χ1n) is 12.8. The van der Waals surface area contributed by atoms with Crippen LogP contribution in [-0.4, -0.2) is 44.5 Å². The molecule has 41 heavy (non-hydrogen) atoms. The van der Waals surface area contributed by atoms with Crippen molar-refractivity contribution >= 4 is 20.9 Å². The SMILES string of the molecule is C=C[C@H]1CN2CC[C@H]1C[C@H]2C(NS(=O)(=O)c1cc(C(F)(F)F)cc(C(F)(F)F)c1)c1ccnc2ccc(OC)cc12. The number of benzene rings is 2. The molecule has 13 heteroatoms. The summed E-state index contributed by atoms with van der Waals surface area (Å²) in [6.07, 6.45) is -5.64. The number of sulfonamides is 1. The smallest absolute Gasteiger partial charge is 0.416 e. The van der Waals surface area contributed by atoms with Gasteiger partial charge in [0.15, 0.2) is 0 Å². The van der Waals surface area contributed by atoms with Gasteiger partial charge in [0.2, 0.25) is 10.0 Å². The minimum absolute atomic E-state index is 0.0968. The molecule has 2 aromatic carbocycles. The maximum absolute atomic E-state index is 13.7. The second kappa shape index (κ2) is 10.6. The van der Waals surface area contributed by atoms with E-state index in [9.17, 15) is 34.8 Å². The van der Waals surface area contributed by atoms with Crippen LogP contribution in [0.3, 0.4) is 0 Å². The third-order valence-electron chi connectivity index (χ3n) is 8.01. The van der Waals surface area contributed by atoms with E-state index in [0.29, 0.717) is 41.7 Å². The zero-order valence-corrected chi connectivity index (χ0v) is 22.7. The number of aromatic nitrogens is 1. The predicted molar refractivity (Wildman–Crippen MR) is 140 cm³/mol. The Hall–Kier alpha value is -3.16. The van der Waals surface area contributed by atoms with Gasteiger partial charge in [-0.05, 0) is 79.3 Å². The van der Waals surface area contributed by atoms with E-state index in [2.05, 4.69) is 21.2 Å². The van der Waals surface area contributed by atoms with Crippen molar-refractivity contribution in [3.05, 3.63) is 78.0 Å². The summed E-state index contributed by atoms with van der Waals surface area (Å²) in [5, 5.41) is 0.544. The van der Waals surface area contributed by atoms with Crippen molar-refractivity contribution in [3.8, 4) is 5.75 Å². The highest BCUT2D eigenvalue weighted by Gasteiger charge is 2.45. The molecule has 3 aliphatic heterocycles. The molecule has 5 atom stereocenters. The number of ether oxygens (including phenoxy) is 1. The number of hydrogen-bond acceptors (Lipinski definition) is 5. The quantitative estimate of drug-likeness (QED) is 0.259. The van der Waals surface area contributed by atoms with Crippen molar-refractivity contribution in [2.75, 3.05) is 20.2 Å². The largest absolute Gasteiger partial charge is 0.497 e. The highest BCUT2D eigenvalue weighted by molar-refractivity contribution is 7.89. The molecule has 3 aliphatic rings. The van der Waals surface area contributed by atoms with Crippen LogP contribution >= 0.6 is 0 Å². The average Bonchev–Trinajstić information content (AvgIpc) is 2.94. The lowest BCUT2D eigenvalue weighted by molar-refractivity contribution is -0.143. The minimum atomic E-state index is -5.20. The van der Waals surface area contributed by atoms with Crippen molar-refractivity contribution in [2.45, 2.75) is 42.2 Å². The molecule has 1 aromatic heterocycles. The second-order valence-corrected chi connectivity index (χ2v) is 12.1. The molecule has 3 fully saturated rings. The summed E-state index contributed by atoms with van der Waals surface area (Å²) in [5.74, 6) is 0.852. The summed E-state index contributed by atoms with van der Waals surface area (Å²) >= 11 is 0. The summed E-state index contributed by atoms with van der Waals surface area (Å²) in [5.41, 5.74) is -2.42. The summed E-state index contributed by atoms with van der Waals surface area (Å²) in [6, 6.07) is 5.56. The van der Waals surface area contributed by atoms with E-state index in [1.807, 2.05) is 6.08 Å². The Labute approximate surface area is 233 Å². The number of pyridine rings is 1. The third-order valence-corrected chi connectivity index (χ3v) is 9.43. The van der Waals surface area contributed by atoms with Gasteiger partial charge in [-0.15, -0.1) is 6.58 Å². The second-order valence-electron chi connectivity index (χ2n) is 10.4. The summed E-state index contributed by atoms with van der Waals surface area (Å²) < 4.78 is 116. The molecule has 0 amide bonds. The van der Waals surface area contributed by atoms with Crippen molar-refractivity contribution in [3.63, 3.8) is 0 Å². The van der Waals surface area contributed by atoms with Crippen LogP contribution in [0.2, 0.25) is 0 Å². The highest BCUT2D eigenvalue weighted by Crippen LogP contribution is 2.43. The number of alkyl halides is 6. The van der Waals surface area contributed by atoms with Crippen LogP contribution in [0.4, 0.5) is 26.3 Å². The molecule has 3 aromatic rings. The fourth-order valence-corrected chi connectivity index (χ4v) is 7.25. The van der Waals surface area contributed by atoms with Crippen LogP contribution in [0.25, 0.3) is 10.9 Å². The molecule has 6 rings (SSSR count). The number of rotatable bonds is 7. The van der Waals surface area contributed by atoms with Gasteiger partial charge in [-0.3, -0.25) is 9.88 Å². The lowest BCUT2D eigenvalue weighted by Gasteiger charge is -2.51. The van der Waals surface area contributed by atoms with E-state index in [-0.39, 0.29) is 30.0 Å². The number of methoxy groups -OCH3 is 1. The number of hydrogen-bond donors (Lipinski definition) is 1. The maximum Gasteiger partial charge on any atom is 0.416 e. The van der Waals surface area contributed by atoms with Gasteiger partial charge in [-0.1, -0.05) is 6.08 Å². The van der Waals surface area contributed by atoms with Crippen LogP contribution in [0.5, 0.6) is 5.75 Å². The van der Waals surface area contributed by atoms with Gasteiger partial charge in [0.1, 0.15) is 5.75 Å². The molecule has 0 spiro atoms. The van der Waals surface area contributed by atoms with E-state index in [1.165, 1.54) is 13.3 Å². The summed E-state index contributed by atoms with van der Waals surface area (Å²) in [4.78, 5) is 5.31. The van der Waals surface area contributed by atoms with Crippen molar-refractivity contribution < 1.29 is 39.5 Å². The highest BCUT2D eigenvalue weighted by atomic mass is 32.2. The Kier molecular flexibility index (Phi) is 7.58. The first kappa shape index (κ1) is 29.3. The van der Waals surface area contributed by atoms with E-state index >= 15 is 0 Å². The van der Waals surface area contributed by atoms with Gasteiger partial charge in [0.25, 0.3) is 0 Å². The Morgan fingerprint density at radius 1 is 1.07 bits per heavy atom. The minimum Gasteiger partial charge on any atom is -0.497 e. The van der Waals surface area contributed by atoms with Crippen molar-refractivity contribution in [1.29, 1.82) is 0 Å². The fraction of sp³-hybridized carbons (Fsp3) is 0.393. The van der Waals surface area contributed by atoms with Gasteiger partial charge in [-0.25, -0.2) is 13.1 Å². The zero-order valence-electron chi connectivity index (χ0n) is 21.8. The molecule has 0 aliphatic carbocycles. The number of nitrogens with zero attached hydrogens (tertiary/aromatic N) is 2. The van der Waals surface area contributed by atoms with E-state index in [0.717, 1.165) is 6.42 Å². The van der Waals surface area contributed by atoms with Gasteiger partial charge < -0.3 is 4.74 Å². The molecule has 0 saturated carbocycles. The summed E-state index contributed by atoms with van der Waals surface area (Å²) in [7, 11) is -3.43. The Morgan fingerprint density at radius 2 is 1.76 bits per heavy atom.